The van der Waals surface area contributed by atoms with E-state index in [2.05, 4.69) is 111 Å². The van der Waals surface area contributed by atoms with Gasteiger partial charge in [-0.05, 0) is 103 Å². The molecule has 0 aliphatic carbocycles. The van der Waals surface area contributed by atoms with Gasteiger partial charge in [-0.3, -0.25) is 9.59 Å². The Hall–Kier alpha value is -3.42. The highest BCUT2D eigenvalue weighted by Gasteiger charge is 2.47. The van der Waals surface area contributed by atoms with E-state index in [4.69, 9.17) is 14.2 Å². The fourth-order valence-electron chi connectivity index (χ4n) is 12.2. The van der Waals surface area contributed by atoms with Gasteiger partial charge in [0.1, 0.15) is 24.4 Å². The number of carbonyl (C=O) groups is 2. The van der Waals surface area contributed by atoms with Crippen LogP contribution in [0.2, 0.25) is 0 Å². The third kappa shape index (κ3) is 57.1. The van der Waals surface area contributed by atoms with E-state index in [0.29, 0.717) is 19.3 Å². The molecule has 0 aromatic carbocycles. The first kappa shape index (κ1) is 89.6. The number of aliphatic hydroxyl groups is 5. The summed E-state index contributed by atoms with van der Waals surface area (Å²) in [5.74, 6) is -1.19. The first-order valence-electron chi connectivity index (χ1n) is 40.0. The Kier molecular flexibility index (Phi) is 66.4. The molecule has 1 rings (SSSR count). The molecule has 0 saturated carbocycles. The van der Waals surface area contributed by atoms with Crippen LogP contribution in [0.5, 0.6) is 0 Å². The van der Waals surface area contributed by atoms with E-state index in [1.54, 1.807) is 6.08 Å². The molecule has 1 heterocycles. The molecular weight excluding hydrogens is 1180 g/mol. The Labute approximate surface area is 584 Å². The van der Waals surface area contributed by atoms with Crippen LogP contribution in [-0.4, -0.2) is 99.6 Å². The minimum Gasteiger partial charge on any atom is -0.454 e. The van der Waals surface area contributed by atoms with Crippen LogP contribution in [-0.2, 0) is 23.8 Å². The lowest BCUT2D eigenvalue weighted by Crippen LogP contribution is -2.61. The molecule has 1 amide bonds. The summed E-state index contributed by atoms with van der Waals surface area (Å²) in [6.07, 6.45) is 86.0. The van der Waals surface area contributed by atoms with E-state index in [-0.39, 0.29) is 13.0 Å². The molecule has 1 saturated heterocycles. The van der Waals surface area contributed by atoms with Crippen LogP contribution in [0.3, 0.4) is 0 Å². The molecule has 0 spiro atoms. The topological polar surface area (TPSA) is 175 Å². The van der Waals surface area contributed by atoms with E-state index in [1.807, 2.05) is 6.08 Å². The van der Waals surface area contributed by atoms with Crippen molar-refractivity contribution >= 4 is 11.9 Å². The minimum absolute atomic E-state index is 0.110. The maximum Gasteiger partial charge on any atom is 0.306 e. The van der Waals surface area contributed by atoms with Crippen LogP contribution in [0.25, 0.3) is 0 Å². The van der Waals surface area contributed by atoms with Gasteiger partial charge >= 0.3 is 5.97 Å². The molecule has 0 bridgehead atoms. The molecular formula is C84H149NO10. The van der Waals surface area contributed by atoms with E-state index in [9.17, 15) is 35.1 Å². The summed E-state index contributed by atoms with van der Waals surface area (Å²) >= 11 is 0. The minimum atomic E-state index is -1.62. The van der Waals surface area contributed by atoms with E-state index < -0.39 is 67.4 Å². The molecule has 1 fully saturated rings. The third-order valence-electron chi connectivity index (χ3n) is 18.5. The number of hydrogen-bond donors (Lipinski definition) is 6. The molecule has 1 aliphatic heterocycles. The van der Waals surface area contributed by atoms with Crippen molar-refractivity contribution in [3.63, 3.8) is 0 Å². The van der Waals surface area contributed by atoms with Gasteiger partial charge in [0.2, 0.25) is 5.91 Å². The molecule has 0 aromatic heterocycles. The van der Waals surface area contributed by atoms with Crippen LogP contribution in [0.1, 0.15) is 361 Å². The van der Waals surface area contributed by atoms with Crippen molar-refractivity contribution in [2.45, 2.75) is 410 Å². The predicted octanol–water partition coefficient (Wildman–Crippen LogP) is 21.7. The van der Waals surface area contributed by atoms with Crippen LogP contribution in [0, 0.1) is 0 Å². The maximum atomic E-state index is 13.5. The summed E-state index contributed by atoms with van der Waals surface area (Å²) in [5, 5.41) is 57.5. The van der Waals surface area contributed by atoms with Gasteiger partial charge in [-0.25, -0.2) is 0 Å². The number of esters is 1. The highest BCUT2D eigenvalue weighted by molar-refractivity contribution is 5.80. The predicted molar refractivity (Wildman–Crippen MR) is 402 cm³/mol. The first-order chi connectivity index (χ1) is 46.7. The maximum absolute atomic E-state index is 13.5. The SMILES string of the molecule is CC/C=C\C/C=C\C/C=C\C/C=C\C/C=C\C/C=C\CCCCCCCCCCC(=O)OC1C(OCC(NC(=O)C(O)CCCCCCCCCCCCCCCCCC/C=C/CCCCCCCC)C(O)/C=C/CCCCCCCCCCCCC)OC(CO)C(O)C1O. The summed E-state index contributed by atoms with van der Waals surface area (Å²) in [5.41, 5.74) is 0. The number of rotatable bonds is 69. The number of amides is 1. The highest BCUT2D eigenvalue weighted by atomic mass is 16.7. The van der Waals surface area contributed by atoms with Crippen molar-refractivity contribution in [1.29, 1.82) is 0 Å². The molecule has 6 N–H and O–H groups in total. The number of aliphatic hydroxyl groups excluding tert-OH is 5. The van der Waals surface area contributed by atoms with Gasteiger partial charge in [-0.2, -0.15) is 0 Å². The lowest BCUT2D eigenvalue weighted by atomic mass is 9.99. The summed E-state index contributed by atoms with van der Waals surface area (Å²) in [6.45, 7) is 5.72. The smallest absolute Gasteiger partial charge is 0.306 e. The standard InChI is InChI=1S/C84H149NO10/c1-4-7-10-13-16-19-22-25-27-29-31-33-35-37-39-41-43-45-47-49-51-54-57-60-63-66-69-72-79(89)95-82-81(91)80(90)78(73-86)94-84(82)93-74-75(76(87)70-67-64-61-58-55-52-24-21-18-15-12-9-6-3)85-83(92)77(88)71-68-65-62-59-56-53-50-48-46-44-42-40-38-36-34-32-30-28-26-23-20-17-14-11-8-5-2/h7,10,16,19,25-28,31,33,37,39,43,45,67,70,75-78,80-82,84,86-88,90-91H,4-6,8-9,11-15,17-18,20-24,29-30,32,34-36,38,40-42,44,46-66,68-69,71-74H2,1-3H3,(H,85,92)/b10-7-,19-16-,27-25-,28-26+,33-31-,39-37-,45-43-,70-67+. The van der Waals surface area contributed by atoms with Gasteiger partial charge in [0.05, 0.1) is 25.4 Å². The number of hydrogen-bond acceptors (Lipinski definition) is 10. The number of nitrogens with one attached hydrogen (secondary N) is 1. The van der Waals surface area contributed by atoms with Crippen molar-refractivity contribution in [2.24, 2.45) is 0 Å². The number of unbranched alkanes of at least 4 members (excludes halogenated alkanes) is 41. The Bertz CT molecular complexity index is 1920. The molecule has 0 aromatic rings. The summed E-state index contributed by atoms with van der Waals surface area (Å²) < 4.78 is 17.8. The van der Waals surface area contributed by atoms with Crippen molar-refractivity contribution < 1.29 is 49.3 Å². The summed E-state index contributed by atoms with van der Waals surface area (Å²) in [4.78, 5) is 26.8. The largest absolute Gasteiger partial charge is 0.454 e. The van der Waals surface area contributed by atoms with Crippen LogP contribution in [0.15, 0.2) is 97.2 Å². The Balaban J connectivity index is 2.52. The second-order valence-corrected chi connectivity index (χ2v) is 27.4. The average Bonchev–Trinajstić information content (AvgIpc) is 0.823. The van der Waals surface area contributed by atoms with Crippen molar-refractivity contribution in [1.82, 2.24) is 5.32 Å². The summed E-state index contributed by atoms with van der Waals surface area (Å²) in [6, 6.07) is -1.03. The van der Waals surface area contributed by atoms with Gasteiger partial charge in [0.15, 0.2) is 12.4 Å². The van der Waals surface area contributed by atoms with E-state index in [0.717, 1.165) is 109 Å². The molecule has 550 valence electrons. The first-order valence-corrected chi connectivity index (χ1v) is 40.0. The Morgan fingerprint density at radius 1 is 0.421 bits per heavy atom. The van der Waals surface area contributed by atoms with Gasteiger partial charge in [0.25, 0.3) is 0 Å². The molecule has 8 atom stereocenters. The lowest BCUT2D eigenvalue weighted by Gasteiger charge is -2.41. The number of allylic oxidation sites excluding steroid dienone is 15. The van der Waals surface area contributed by atoms with E-state index in [1.165, 1.54) is 205 Å². The van der Waals surface area contributed by atoms with Gasteiger partial charge in [-0.1, -0.05) is 349 Å². The normalized spacial score (nSPS) is 18.3. The van der Waals surface area contributed by atoms with Crippen molar-refractivity contribution in [3.05, 3.63) is 97.2 Å². The monoisotopic (exact) mass is 1330 g/mol. The molecule has 8 unspecified atom stereocenters. The van der Waals surface area contributed by atoms with E-state index >= 15 is 0 Å². The Morgan fingerprint density at radius 3 is 1.15 bits per heavy atom. The molecule has 95 heavy (non-hydrogen) atoms. The second-order valence-electron chi connectivity index (χ2n) is 27.4. The van der Waals surface area contributed by atoms with Gasteiger partial charge < -0.3 is 45.1 Å². The van der Waals surface area contributed by atoms with Crippen LogP contribution < -0.4 is 5.32 Å². The number of ether oxygens (including phenoxy) is 3. The zero-order valence-electron chi connectivity index (χ0n) is 61.5. The van der Waals surface area contributed by atoms with Crippen molar-refractivity contribution in [2.75, 3.05) is 13.2 Å². The third-order valence-corrected chi connectivity index (χ3v) is 18.5. The van der Waals surface area contributed by atoms with Gasteiger partial charge in [0, 0.05) is 6.42 Å². The quantitative estimate of drug-likeness (QED) is 0.0195. The molecule has 11 nitrogen and oxygen atoms in total. The molecule has 1 aliphatic rings. The average molecular weight is 1330 g/mol. The fourth-order valence-corrected chi connectivity index (χ4v) is 12.2. The zero-order chi connectivity index (χ0) is 68.8. The summed E-state index contributed by atoms with van der Waals surface area (Å²) in [7, 11) is 0. The lowest BCUT2D eigenvalue weighted by molar-refractivity contribution is -0.305. The molecule has 0 radical (unpaired) electrons. The van der Waals surface area contributed by atoms with Gasteiger partial charge in [-0.15, -0.1) is 0 Å². The fraction of sp³-hybridized carbons (Fsp3) is 0.786. The van der Waals surface area contributed by atoms with Crippen LogP contribution in [0.4, 0.5) is 0 Å². The Morgan fingerprint density at radius 2 is 0.758 bits per heavy atom. The zero-order valence-corrected chi connectivity index (χ0v) is 61.5. The van der Waals surface area contributed by atoms with Crippen LogP contribution >= 0.6 is 0 Å². The second kappa shape index (κ2) is 70.4. The molecule has 11 heteroatoms. The van der Waals surface area contributed by atoms with Crippen molar-refractivity contribution in [3.8, 4) is 0 Å². The highest BCUT2D eigenvalue weighted by Crippen LogP contribution is 2.27. The number of carbonyl (C=O) groups excluding carboxylic acids is 2.